The quantitative estimate of drug-likeness (QED) is 0.815. The summed E-state index contributed by atoms with van der Waals surface area (Å²) in [6.07, 6.45) is 3.61. The van der Waals surface area contributed by atoms with Crippen LogP contribution in [0, 0.1) is 5.82 Å². The summed E-state index contributed by atoms with van der Waals surface area (Å²) in [5.41, 5.74) is 1.69. The zero-order valence-corrected chi connectivity index (χ0v) is 11.1. The second-order valence-corrected chi connectivity index (χ2v) is 5.24. The number of hydrogen-bond acceptors (Lipinski definition) is 2. The van der Waals surface area contributed by atoms with Crippen molar-refractivity contribution in [3.8, 4) is 11.4 Å². The van der Waals surface area contributed by atoms with Gasteiger partial charge in [0.05, 0.1) is 19.1 Å². The zero-order valence-electron chi connectivity index (χ0n) is 11.1. The van der Waals surface area contributed by atoms with Crippen LogP contribution in [0.15, 0.2) is 30.7 Å². The van der Waals surface area contributed by atoms with E-state index in [2.05, 4.69) is 25.8 Å². The highest BCUT2D eigenvalue weighted by Gasteiger charge is 2.17. The standard InChI is InChI=1S/C14H17FN2O/c1-14(2,3)13-8-17(9-16-13)10-5-6-12(18-4)11(15)7-10/h5-9H,1-4H3. The lowest BCUT2D eigenvalue weighted by molar-refractivity contribution is 0.386. The fourth-order valence-electron chi connectivity index (χ4n) is 1.67. The van der Waals surface area contributed by atoms with Crippen molar-refractivity contribution in [1.29, 1.82) is 0 Å². The first kappa shape index (κ1) is 12.6. The van der Waals surface area contributed by atoms with Crippen LogP contribution in [0.4, 0.5) is 4.39 Å². The summed E-state index contributed by atoms with van der Waals surface area (Å²) in [7, 11) is 1.45. The monoisotopic (exact) mass is 248 g/mol. The maximum absolute atomic E-state index is 13.6. The molecule has 0 unspecified atom stereocenters. The molecule has 0 spiro atoms. The smallest absolute Gasteiger partial charge is 0.167 e. The number of nitrogens with zero attached hydrogens (tertiary/aromatic N) is 2. The van der Waals surface area contributed by atoms with Gasteiger partial charge in [0.15, 0.2) is 11.6 Å². The molecular formula is C14H17FN2O. The molecule has 18 heavy (non-hydrogen) atoms. The molecule has 96 valence electrons. The molecule has 0 saturated heterocycles. The molecule has 0 fully saturated rings. The number of benzene rings is 1. The summed E-state index contributed by atoms with van der Waals surface area (Å²) in [6, 6.07) is 4.85. The number of halogens is 1. The average molecular weight is 248 g/mol. The molecule has 2 aromatic rings. The molecule has 0 atom stereocenters. The van der Waals surface area contributed by atoms with E-state index in [0.29, 0.717) is 0 Å². The second kappa shape index (κ2) is 4.44. The highest BCUT2D eigenvalue weighted by molar-refractivity contribution is 5.39. The Balaban J connectivity index is 2.38. The summed E-state index contributed by atoms with van der Waals surface area (Å²) >= 11 is 0. The van der Waals surface area contributed by atoms with Crippen LogP contribution in [0.2, 0.25) is 0 Å². The van der Waals surface area contributed by atoms with Gasteiger partial charge in [-0.2, -0.15) is 0 Å². The Morgan fingerprint density at radius 3 is 2.50 bits per heavy atom. The Hall–Kier alpha value is -1.84. The van der Waals surface area contributed by atoms with Crippen LogP contribution in [0.3, 0.4) is 0 Å². The van der Waals surface area contributed by atoms with Crippen molar-refractivity contribution in [2.75, 3.05) is 7.11 Å². The Morgan fingerprint density at radius 2 is 2.00 bits per heavy atom. The second-order valence-electron chi connectivity index (χ2n) is 5.24. The molecular weight excluding hydrogens is 231 g/mol. The van der Waals surface area contributed by atoms with Crippen molar-refractivity contribution in [3.63, 3.8) is 0 Å². The summed E-state index contributed by atoms with van der Waals surface area (Å²) in [6.45, 7) is 6.27. The summed E-state index contributed by atoms with van der Waals surface area (Å²) < 4.78 is 20.3. The number of methoxy groups -OCH3 is 1. The van der Waals surface area contributed by atoms with Crippen LogP contribution in [0.25, 0.3) is 5.69 Å². The summed E-state index contributed by atoms with van der Waals surface area (Å²) in [4.78, 5) is 4.35. The molecule has 0 aliphatic carbocycles. The van der Waals surface area contributed by atoms with E-state index in [1.165, 1.54) is 13.2 Å². The molecule has 1 aromatic heterocycles. The minimum Gasteiger partial charge on any atom is -0.494 e. The van der Waals surface area contributed by atoms with Crippen LogP contribution >= 0.6 is 0 Å². The van der Waals surface area contributed by atoms with E-state index in [4.69, 9.17) is 4.74 Å². The molecule has 0 N–H and O–H groups in total. The third kappa shape index (κ3) is 2.37. The molecule has 4 heteroatoms. The van der Waals surface area contributed by atoms with Gasteiger partial charge in [-0.05, 0) is 12.1 Å². The van der Waals surface area contributed by atoms with Gasteiger partial charge < -0.3 is 9.30 Å². The lowest BCUT2D eigenvalue weighted by Crippen LogP contribution is -2.11. The number of aromatic nitrogens is 2. The fraction of sp³-hybridized carbons (Fsp3) is 0.357. The first-order valence-corrected chi connectivity index (χ1v) is 5.80. The van der Waals surface area contributed by atoms with Crippen LogP contribution in [0.5, 0.6) is 5.75 Å². The van der Waals surface area contributed by atoms with Gasteiger partial charge in [0.25, 0.3) is 0 Å². The minimum absolute atomic E-state index is 0.0176. The molecule has 3 nitrogen and oxygen atoms in total. The van der Waals surface area contributed by atoms with Crippen molar-refractivity contribution in [1.82, 2.24) is 9.55 Å². The molecule has 0 bridgehead atoms. The summed E-state index contributed by atoms with van der Waals surface area (Å²) in [5, 5.41) is 0. The van der Waals surface area contributed by atoms with E-state index in [9.17, 15) is 4.39 Å². The Morgan fingerprint density at radius 1 is 1.28 bits per heavy atom. The van der Waals surface area contributed by atoms with Crippen molar-refractivity contribution >= 4 is 0 Å². The predicted molar refractivity (Wildman–Crippen MR) is 68.8 cm³/mol. The molecule has 0 saturated carbocycles. The topological polar surface area (TPSA) is 27.1 Å². The van der Waals surface area contributed by atoms with Gasteiger partial charge >= 0.3 is 0 Å². The van der Waals surface area contributed by atoms with E-state index in [0.717, 1.165) is 11.4 Å². The van der Waals surface area contributed by atoms with Crippen LogP contribution in [-0.4, -0.2) is 16.7 Å². The Labute approximate surface area is 106 Å². The first-order valence-electron chi connectivity index (χ1n) is 5.80. The van der Waals surface area contributed by atoms with E-state index in [1.807, 2.05) is 10.8 Å². The summed E-state index contributed by atoms with van der Waals surface area (Å²) in [5.74, 6) is -0.129. The third-order valence-corrected chi connectivity index (χ3v) is 2.78. The molecule has 1 heterocycles. The third-order valence-electron chi connectivity index (χ3n) is 2.78. The van der Waals surface area contributed by atoms with Crippen molar-refractivity contribution < 1.29 is 9.13 Å². The number of imidazole rings is 1. The number of hydrogen-bond donors (Lipinski definition) is 0. The molecule has 0 radical (unpaired) electrons. The van der Waals surface area contributed by atoms with Gasteiger partial charge in [-0.3, -0.25) is 0 Å². The molecule has 1 aromatic carbocycles. The molecule has 0 aliphatic rings. The first-order chi connectivity index (χ1) is 8.41. The Kier molecular flexibility index (Phi) is 3.11. The fourth-order valence-corrected chi connectivity index (χ4v) is 1.67. The maximum Gasteiger partial charge on any atom is 0.167 e. The van der Waals surface area contributed by atoms with E-state index in [-0.39, 0.29) is 17.0 Å². The zero-order chi connectivity index (χ0) is 13.3. The van der Waals surface area contributed by atoms with Gasteiger partial charge in [0.1, 0.15) is 0 Å². The highest BCUT2D eigenvalue weighted by atomic mass is 19.1. The SMILES string of the molecule is COc1ccc(-n2cnc(C(C)(C)C)c2)cc1F. The van der Waals surface area contributed by atoms with Crippen LogP contribution in [0.1, 0.15) is 26.5 Å². The lowest BCUT2D eigenvalue weighted by atomic mass is 9.93. The van der Waals surface area contributed by atoms with E-state index in [1.54, 1.807) is 18.5 Å². The van der Waals surface area contributed by atoms with E-state index < -0.39 is 0 Å². The van der Waals surface area contributed by atoms with Crippen LogP contribution in [-0.2, 0) is 5.41 Å². The van der Waals surface area contributed by atoms with Gasteiger partial charge in [-0.15, -0.1) is 0 Å². The minimum atomic E-state index is -0.374. The number of ether oxygens (including phenoxy) is 1. The van der Waals surface area contributed by atoms with Crippen LogP contribution < -0.4 is 4.74 Å². The maximum atomic E-state index is 13.6. The molecule has 0 amide bonds. The molecule has 2 rings (SSSR count). The predicted octanol–water partition coefficient (Wildman–Crippen LogP) is 3.32. The van der Waals surface area contributed by atoms with Gasteiger partial charge in [0, 0.05) is 23.4 Å². The van der Waals surface area contributed by atoms with Crippen molar-refractivity contribution in [3.05, 3.63) is 42.2 Å². The van der Waals surface area contributed by atoms with Gasteiger partial charge in [0.2, 0.25) is 0 Å². The Bertz CT molecular complexity index is 555. The lowest BCUT2D eigenvalue weighted by Gasteiger charge is -2.14. The largest absolute Gasteiger partial charge is 0.494 e. The van der Waals surface area contributed by atoms with Gasteiger partial charge in [-0.25, -0.2) is 9.37 Å². The normalized spacial score (nSPS) is 11.6. The highest BCUT2D eigenvalue weighted by Crippen LogP contribution is 2.23. The van der Waals surface area contributed by atoms with E-state index >= 15 is 0 Å². The number of rotatable bonds is 2. The molecule has 0 aliphatic heterocycles. The van der Waals surface area contributed by atoms with Crippen molar-refractivity contribution in [2.45, 2.75) is 26.2 Å². The average Bonchev–Trinajstić information content (AvgIpc) is 2.77. The van der Waals surface area contributed by atoms with Crippen molar-refractivity contribution in [2.24, 2.45) is 0 Å². The van der Waals surface area contributed by atoms with Gasteiger partial charge in [-0.1, -0.05) is 20.8 Å².